The number of anilines is 1. The van der Waals surface area contributed by atoms with Gasteiger partial charge in [-0.2, -0.15) is 0 Å². The second kappa shape index (κ2) is 12.7. The summed E-state index contributed by atoms with van der Waals surface area (Å²) in [7, 11) is 0. The van der Waals surface area contributed by atoms with Gasteiger partial charge in [0.25, 0.3) is 5.91 Å². The van der Waals surface area contributed by atoms with Crippen molar-refractivity contribution in [2.75, 3.05) is 11.1 Å². The van der Waals surface area contributed by atoms with Crippen molar-refractivity contribution in [1.29, 1.82) is 0 Å². The van der Waals surface area contributed by atoms with E-state index in [4.69, 9.17) is 9.47 Å². The zero-order valence-electron chi connectivity index (χ0n) is 22.8. The number of rotatable bonds is 8. The molecule has 0 aliphatic carbocycles. The third kappa shape index (κ3) is 6.32. The Hall–Kier alpha value is -4.22. The molecule has 1 aliphatic rings. The predicted octanol–water partition coefficient (Wildman–Crippen LogP) is 5.75. The molecule has 3 heterocycles. The van der Waals surface area contributed by atoms with Crippen molar-refractivity contribution in [3.8, 4) is 0 Å². The number of hydrogen-bond acceptors (Lipinski definition) is 9. The van der Waals surface area contributed by atoms with Crippen molar-refractivity contribution in [2.24, 2.45) is 5.92 Å². The van der Waals surface area contributed by atoms with Gasteiger partial charge in [-0.3, -0.25) is 9.78 Å². The van der Waals surface area contributed by atoms with Gasteiger partial charge >= 0.3 is 0 Å². The predicted molar refractivity (Wildman–Crippen MR) is 160 cm³/mol. The van der Waals surface area contributed by atoms with Crippen molar-refractivity contribution in [2.45, 2.75) is 37.2 Å². The summed E-state index contributed by atoms with van der Waals surface area (Å²) in [5, 5.41) is 13.1. The van der Waals surface area contributed by atoms with Crippen LogP contribution in [-0.4, -0.2) is 42.8 Å². The fourth-order valence-corrected chi connectivity index (χ4v) is 5.78. The lowest BCUT2D eigenvalue weighted by Crippen LogP contribution is -2.38. The third-order valence-corrected chi connectivity index (χ3v) is 8.13. The molecule has 6 rings (SSSR count). The highest BCUT2D eigenvalue weighted by Gasteiger charge is 2.38. The van der Waals surface area contributed by atoms with Crippen LogP contribution in [0.1, 0.15) is 46.5 Å². The fourth-order valence-electron chi connectivity index (χ4n) is 4.81. The van der Waals surface area contributed by atoms with Crippen LogP contribution in [0.2, 0.25) is 0 Å². The van der Waals surface area contributed by atoms with Crippen LogP contribution in [0.5, 0.6) is 0 Å². The highest BCUT2D eigenvalue weighted by molar-refractivity contribution is 7.99. The van der Waals surface area contributed by atoms with Gasteiger partial charge in [0.1, 0.15) is 5.69 Å². The lowest BCUT2D eigenvalue weighted by Gasteiger charge is -2.41. The van der Waals surface area contributed by atoms with E-state index in [-0.39, 0.29) is 36.3 Å². The highest BCUT2D eigenvalue weighted by atomic mass is 32.2. The van der Waals surface area contributed by atoms with E-state index in [1.807, 2.05) is 72.8 Å². The first-order chi connectivity index (χ1) is 20.6. The minimum atomic E-state index is -0.623. The molecule has 10 heteroatoms. The molecule has 4 atom stereocenters. The van der Waals surface area contributed by atoms with E-state index in [0.29, 0.717) is 22.1 Å². The van der Waals surface area contributed by atoms with Gasteiger partial charge in [-0.25, -0.2) is 15.0 Å². The molecule has 0 radical (unpaired) electrons. The van der Waals surface area contributed by atoms with Crippen molar-refractivity contribution in [3.63, 3.8) is 0 Å². The minimum Gasteiger partial charge on any atom is -0.392 e. The summed E-state index contributed by atoms with van der Waals surface area (Å²) in [5.74, 6) is 0.350. The topological polar surface area (TPSA) is 119 Å². The normalized spacial score (nSPS) is 20.3. The van der Waals surface area contributed by atoms with Gasteiger partial charge in [0.05, 0.1) is 36.0 Å². The molecule has 0 spiro atoms. The SMILES string of the molecule is C[C@H]1[C@@H](CSc2ncccn2)O[C@@H](c2ccc(NC(=O)c3cnc4ccccc4n3)cc2)O[C@H]1c1ccc(CO)cc1. The zero-order chi connectivity index (χ0) is 28.9. The summed E-state index contributed by atoms with van der Waals surface area (Å²) in [6.45, 7) is 2.10. The number of nitrogens with one attached hydrogen (secondary N) is 1. The van der Waals surface area contributed by atoms with E-state index in [2.05, 4.69) is 32.2 Å². The number of aromatic nitrogens is 4. The van der Waals surface area contributed by atoms with Crippen LogP contribution in [0.4, 0.5) is 5.69 Å². The van der Waals surface area contributed by atoms with Crippen LogP contribution in [0.3, 0.4) is 0 Å². The number of amides is 1. The Kier molecular flexibility index (Phi) is 8.47. The molecule has 1 aliphatic heterocycles. The van der Waals surface area contributed by atoms with E-state index in [1.54, 1.807) is 30.2 Å². The number of nitrogens with zero attached hydrogens (tertiary/aromatic N) is 4. The summed E-state index contributed by atoms with van der Waals surface area (Å²) in [6.07, 6.45) is 3.93. The van der Waals surface area contributed by atoms with E-state index < -0.39 is 6.29 Å². The Balaban J connectivity index is 1.19. The van der Waals surface area contributed by atoms with E-state index >= 15 is 0 Å². The zero-order valence-corrected chi connectivity index (χ0v) is 23.6. The van der Waals surface area contributed by atoms with E-state index in [9.17, 15) is 9.90 Å². The number of aliphatic hydroxyl groups excluding tert-OH is 1. The summed E-state index contributed by atoms with van der Waals surface area (Å²) in [5.41, 5.74) is 4.93. The smallest absolute Gasteiger partial charge is 0.275 e. The Morgan fingerprint density at radius 2 is 1.60 bits per heavy atom. The molecule has 3 aromatic carbocycles. The summed E-state index contributed by atoms with van der Waals surface area (Å²) < 4.78 is 13.0. The average Bonchev–Trinajstić information content (AvgIpc) is 3.05. The maximum Gasteiger partial charge on any atom is 0.275 e. The molecular formula is C32H29N5O4S. The van der Waals surface area contributed by atoms with Crippen LogP contribution >= 0.6 is 11.8 Å². The van der Waals surface area contributed by atoms with Crippen molar-refractivity contribution in [1.82, 2.24) is 19.9 Å². The first-order valence-electron chi connectivity index (χ1n) is 13.6. The molecule has 2 N–H and O–H groups in total. The molecule has 1 fully saturated rings. The lowest BCUT2D eigenvalue weighted by molar-refractivity contribution is -0.268. The molecule has 42 heavy (non-hydrogen) atoms. The molecular weight excluding hydrogens is 550 g/mol. The Morgan fingerprint density at radius 1 is 0.881 bits per heavy atom. The van der Waals surface area contributed by atoms with Gasteiger partial charge in [0.15, 0.2) is 11.4 Å². The Morgan fingerprint density at radius 3 is 2.33 bits per heavy atom. The van der Waals surface area contributed by atoms with Crippen LogP contribution in [0.25, 0.3) is 11.0 Å². The van der Waals surface area contributed by atoms with Crippen molar-refractivity contribution in [3.05, 3.63) is 120 Å². The van der Waals surface area contributed by atoms with Gasteiger partial charge in [-0.15, -0.1) is 0 Å². The Bertz CT molecular complexity index is 1650. The Labute approximate surface area is 247 Å². The number of thioether (sulfide) groups is 1. The van der Waals surface area contributed by atoms with Crippen LogP contribution in [0.15, 0.2) is 103 Å². The van der Waals surface area contributed by atoms with Gasteiger partial charge in [-0.1, -0.05) is 67.2 Å². The number of para-hydroxylation sites is 2. The monoisotopic (exact) mass is 579 g/mol. The van der Waals surface area contributed by atoms with Gasteiger partial charge < -0.3 is 19.9 Å². The standard InChI is InChI=1S/C32H29N5O4S/c1-20-28(19-42-32-33-15-4-16-34-32)40-31(41-29(20)22-9-7-21(18-38)8-10-22)23-11-13-24(14-12-23)36-30(39)27-17-35-25-5-2-3-6-26(25)37-27/h2-17,20,28-29,31,38H,18-19H2,1H3,(H,36,39)/t20-,28+,29+,31+/m0/s1. The second-order valence-corrected chi connectivity index (χ2v) is 11.0. The van der Waals surface area contributed by atoms with Crippen LogP contribution in [0, 0.1) is 5.92 Å². The number of hydrogen-bond donors (Lipinski definition) is 2. The molecule has 5 aromatic rings. The maximum atomic E-state index is 12.9. The van der Waals surface area contributed by atoms with Crippen molar-refractivity contribution < 1.29 is 19.4 Å². The number of benzene rings is 3. The maximum absolute atomic E-state index is 12.9. The van der Waals surface area contributed by atoms with E-state index in [1.165, 1.54) is 6.20 Å². The molecule has 212 valence electrons. The molecule has 1 amide bonds. The van der Waals surface area contributed by atoms with Gasteiger partial charge in [-0.05, 0) is 41.5 Å². The number of carbonyl (C=O) groups is 1. The molecule has 0 bridgehead atoms. The molecule has 9 nitrogen and oxygen atoms in total. The summed E-state index contributed by atoms with van der Waals surface area (Å²) in [6, 6.07) is 24.4. The first kappa shape index (κ1) is 27.9. The first-order valence-corrected chi connectivity index (χ1v) is 14.6. The molecule has 1 saturated heterocycles. The summed E-state index contributed by atoms with van der Waals surface area (Å²) in [4.78, 5) is 30.3. The average molecular weight is 580 g/mol. The lowest BCUT2D eigenvalue weighted by atomic mass is 9.91. The molecule has 2 aromatic heterocycles. The van der Waals surface area contributed by atoms with Crippen LogP contribution < -0.4 is 5.32 Å². The number of ether oxygens (including phenoxy) is 2. The number of carbonyl (C=O) groups excluding carboxylic acids is 1. The largest absolute Gasteiger partial charge is 0.392 e. The summed E-state index contributed by atoms with van der Waals surface area (Å²) >= 11 is 1.54. The van der Waals surface area contributed by atoms with Gasteiger partial charge in [0.2, 0.25) is 0 Å². The second-order valence-electron chi connectivity index (χ2n) is 9.98. The van der Waals surface area contributed by atoms with Crippen LogP contribution in [-0.2, 0) is 16.1 Å². The third-order valence-electron chi connectivity index (χ3n) is 7.16. The minimum absolute atomic E-state index is 0.0141. The van der Waals surface area contributed by atoms with E-state index in [0.717, 1.165) is 22.2 Å². The number of fused-ring (bicyclic) bond motifs is 1. The molecule has 0 saturated carbocycles. The quantitative estimate of drug-likeness (QED) is 0.175. The van der Waals surface area contributed by atoms with Crippen molar-refractivity contribution >= 4 is 34.4 Å². The van der Waals surface area contributed by atoms with Gasteiger partial charge in [0, 0.05) is 35.3 Å². The number of aliphatic hydroxyl groups is 1. The molecule has 0 unspecified atom stereocenters. The fraction of sp³-hybridized carbons (Fsp3) is 0.219. The highest BCUT2D eigenvalue weighted by Crippen LogP contribution is 2.43.